The highest BCUT2D eigenvalue weighted by Crippen LogP contribution is 2.36. The summed E-state index contributed by atoms with van der Waals surface area (Å²) in [5.74, 6) is 1.16. The van der Waals surface area contributed by atoms with Gasteiger partial charge in [0.25, 0.3) is 11.8 Å². The minimum Gasteiger partial charge on any atom is -0.497 e. The number of nitrogens with zero attached hydrogens (tertiary/aromatic N) is 1. The number of hydrogen-bond acceptors (Lipinski definition) is 6. The largest absolute Gasteiger partial charge is 0.497 e. The molecule has 0 aliphatic carbocycles. The van der Waals surface area contributed by atoms with E-state index in [-0.39, 0.29) is 25.0 Å². The predicted octanol–water partition coefficient (Wildman–Crippen LogP) is 2.75. The van der Waals surface area contributed by atoms with Crippen molar-refractivity contribution in [1.29, 1.82) is 0 Å². The molecule has 2 amide bonds. The second-order valence-corrected chi connectivity index (χ2v) is 7.47. The second kappa shape index (κ2) is 9.62. The zero-order chi connectivity index (χ0) is 20.8. The summed E-state index contributed by atoms with van der Waals surface area (Å²) in [7, 11) is 3.18. The molecule has 0 unspecified atom stereocenters. The number of rotatable bonds is 9. The molecule has 1 aliphatic heterocycles. The van der Waals surface area contributed by atoms with E-state index < -0.39 is 0 Å². The molecular weight excluding hydrogens is 390 g/mol. The number of hydrogen-bond donors (Lipinski definition) is 1. The van der Waals surface area contributed by atoms with Gasteiger partial charge in [-0.1, -0.05) is 24.3 Å². The van der Waals surface area contributed by atoms with Crippen LogP contribution in [-0.4, -0.2) is 54.9 Å². The summed E-state index contributed by atoms with van der Waals surface area (Å²) in [5.41, 5.74) is 2.05. The van der Waals surface area contributed by atoms with Crippen molar-refractivity contribution in [2.45, 2.75) is 6.42 Å². The quantitative estimate of drug-likeness (QED) is 0.637. The van der Waals surface area contributed by atoms with Gasteiger partial charge < -0.3 is 14.6 Å². The van der Waals surface area contributed by atoms with Crippen molar-refractivity contribution < 1.29 is 24.2 Å². The van der Waals surface area contributed by atoms with Crippen LogP contribution in [0.4, 0.5) is 0 Å². The maximum atomic E-state index is 13.1. The molecule has 0 fully saturated rings. The Balaban J connectivity index is 1.81. The maximum absolute atomic E-state index is 13.1. The minimum absolute atomic E-state index is 0.0720. The first kappa shape index (κ1) is 21.0. The van der Waals surface area contributed by atoms with E-state index in [1.165, 1.54) is 16.7 Å². The van der Waals surface area contributed by atoms with Crippen LogP contribution in [0.15, 0.2) is 53.4 Å². The van der Waals surface area contributed by atoms with Gasteiger partial charge in [-0.3, -0.25) is 14.5 Å². The van der Waals surface area contributed by atoms with Crippen LogP contribution in [0.2, 0.25) is 0 Å². The number of aliphatic hydroxyl groups is 1. The highest BCUT2D eigenvalue weighted by molar-refractivity contribution is 8.04. The molecule has 2 aromatic rings. The van der Waals surface area contributed by atoms with Crippen LogP contribution in [-0.2, 0) is 16.0 Å². The van der Waals surface area contributed by atoms with Crippen LogP contribution in [0.1, 0.15) is 11.1 Å². The molecule has 152 valence electrons. The van der Waals surface area contributed by atoms with E-state index in [1.807, 2.05) is 24.3 Å². The van der Waals surface area contributed by atoms with Crippen LogP contribution in [0.5, 0.6) is 11.5 Å². The summed E-state index contributed by atoms with van der Waals surface area (Å²) in [4.78, 5) is 27.7. The summed E-state index contributed by atoms with van der Waals surface area (Å²) >= 11 is 1.21. The van der Waals surface area contributed by atoms with E-state index in [0.29, 0.717) is 34.0 Å². The Kier molecular flexibility index (Phi) is 6.95. The van der Waals surface area contributed by atoms with Crippen molar-refractivity contribution in [1.82, 2.24) is 4.90 Å². The smallest absolute Gasteiger partial charge is 0.267 e. The van der Waals surface area contributed by atoms with E-state index in [1.54, 1.807) is 38.5 Å². The third-order valence-corrected chi connectivity index (χ3v) is 5.68. The molecule has 0 aromatic heterocycles. The fraction of sp³-hybridized carbons (Fsp3) is 0.273. The third-order valence-electron chi connectivity index (χ3n) is 4.62. The lowest BCUT2D eigenvalue weighted by atomic mass is 10.1. The lowest BCUT2D eigenvalue weighted by Gasteiger charge is -2.15. The van der Waals surface area contributed by atoms with E-state index in [9.17, 15) is 14.7 Å². The van der Waals surface area contributed by atoms with Gasteiger partial charge >= 0.3 is 0 Å². The molecule has 0 saturated heterocycles. The number of imide groups is 1. The Morgan fingerprint density at radius 2 is 1.48 bits per heavy atom. The highest BCUT2D eigenvalue weighted by Gasteiger charge is 2.38. The molecule has 2 aromatic carbocycles. The van der Waals surface area contributed by atoms with Crippen molar-refractivity contribution in [2.75, 3.05) is 33.1 Å². The third kappa shape index (κ3) is 4.63. The Hall–Kier alpha value is -2.77. The van der Waals surface area contributed by atoms with Crippen molar-refractivity contribution in [3.63, 3.8) is 0 Å². The second-order valence-electron chi connectivity index (χ2n) is 6.36. The number of aliphatic hydroxyl groups excluding tert-OH is 1. The fourth-order valence-corrected chi connectivity index (χ4v) is 3.96. The first-order valence-electron chi connectivity index (χ1n) is 9.20. The zero-order valence-corrected chi connectivity index (χ0v) is 17.2. The number of benzene rings is 2. The SMILES string of the molecule is COc1ccc(CCN2C(=O)C(SCCO)=C(c3ccc(OC)cc3)C2=O)cc1. The first-order valence-corrected chi connectivity index (χ1v) is 10.2. The monoisotopic (exact) mass is 413 g/mol. The van der Waals surface area contributed by atoms with Gasteiger partial charge in [0.2, 0.25) is 0 Å². The fourth-order valence-electron chi connectivity index (χ4n) is 3.08. The number of carbonyl (C=O) groups excluding carboxylic acids is 2. The van der Waals surface area contributed by atoms with Gasteiger partial charge in [-0.2, -0.15) is 0 Å². The Bertz CT molecular complexity index is 906. The van der Waals surface area contributed by atoms with Crippen LogP contribution < -0.4 is 9.47 Å². The zero-order valence-electron chi connectivity index (χ0n) is 16.4. The predicted molar refractivity (Wildman–Crippen MR) is 113 cm³/mol. The van der Waals surface area contributed by atoms with Crippen molar-refractivity contribution in [3.8, 4) is 11.5 Å². The summed E-state index contributed by atoms with van der Waals surface area (Å²) in [6, 6.07) is 14.6. The molecule has 0 bridgehead atoms. The van der Waals surface area contributed by atoms with Gasteiger partial charge in [0.1, 0.15) is 11.5 Å². The standard InChI is InChI=1S/C22H23NO5S/c1-27-17-7-3-15(4-8-17)11-12-23-21(25)19(20(22(23)26)29-14-13-24)16-5-9-18(28-2)10-6-16/h3-10,24H,11-14H2,1-2H3. The Labute approximate surface area is 174 Å². The molecule has 3 rings (SSSR count). The molecule has 0 spiro atoms. The summed E-state index contributed by atoms with van der Waals surface area (Å²) in [6.45, 7) is 0.213. The molecule has 1 aliphatic rings. The van der Waals surface area contributed by atoms with Gasteiger partial charge in [-0.15, -0.1) is 11.8 Å². The molecule has 0 radical (unpaired) electrons. The molecule has 1 N–H and O–H groups in total. The van der Waals surface area contributed by atoms with Crippen molar-refractivity contribution in [2.24, 2.45) is 0 Å². The molecule has 1 heterocycles. The summed E-state index contributed by atoms with van der Waals surface area (Å²) < 4.78 is 10.3. The number of amides is 2. The van der Waals surface area contributed by atoms with E-state index in [4.69, 9.17) is 9.47 Å². The number of carbonyl (C=O) groups is 2. The topological polar surface area (TPSA) is 76.1 Å². The number of thioether (sulfide) groups is 1. The first-order chi connectivity index (χ1) is 14.1. The molecule has 0 saturated carbocycles. The van der Waals surface area contributed by atoms with E-state index in [2.05, 4.69) is 0 Å². The van der Waals surface area contributed by atoms with Gasteiger partial charge in [0.15, 0.2) is 0 Å². The van der Waals surface area contributed by atoms with Gasteiger partial charge in [0, 0.05) is 12.3 Å². The normalized spacial score (nSPS) is 14.0. The molecule has 6 nitrogen and oxygen atoms in total. The van der Waals surface area contributed by atoms with Crippen LogP contribution in [0.3, 0.4) is 0 Å². The highest BCUT2D eigenvalue weighted by atomic mass is 32.2. The average molecular weight is 413 g/mol. The van der Waals surface area contributed by atoms with E-state index in [0.717, 1.165) is 11.3 Å². The molecule has 7 heteroatoms. The summed E-state index contributed by atoms with van der Waals surface area (Å²) in [5, 5.41) is 9.18. The van der Waals surface area contributed by atoms with E-state index >= 15 is 0 Å². The number of ether oxygens (including phenoxy) is 2. The van der Waals surface area contributed by atoms with Crippen LogP contribution >= 0.6 is 11.8 Å². The molecule has 0 atom stereocenters. The molecular formula is C22H23NO5S. The van der Waals surface area contributed by atoms with Crippen molar-refractivity contribution >= 4 is 29.1 Å². The Morgan fingerprint density at radius 3 is 2.03 bits per heavy atom. The molecule has 29 heavy (non-hydrogen) atoms. The minimum atomic E-state index is -0.312. The van der Waals surface area contributed by atoms with Crippen LogP contribution in [0.25, 0.3) is 5.57 Å². The summed E-state index contributed by atoms with van der Waals surface area (Å²) in [6.07, 6.45) is 0.551. The van der Waals surface area contributed by atoms with Gasteiger partial charge in [-0.05, 0) is 41.8 Å². The van der Waals surface area contributed by atoms with Crippen LogP contribution in [0, 0.1) is 0 Å². The maximum Gasteiger partial charge on any atom is 0.267 e. The van der Waals surface area contributed by atoms with Gasteiger partial charge in [0.05, 0.1) is 31.3 Å². The van der Waals surface area contributed by atoms with Gasteiger partial charge in [-0.25, -0.2) is 0 Å². The lowest BCUT2D eigenvalue weighted by molar-refractivity contribution is -0.136. The average Bonchev–Trinajstić information content (AvgIpc) is 3.00. The van der Waals surface area contributed by atoms with Crippen molar-refractivity contribution in [3.05, 3.63) is 64.6 Å². The number of methoxy groups -OCH3 is 2. The Morgan fingerprint density at radius 1 is 0.897 bits per heavy atom. The lowest BCUT2D eigenvalue weighted by Crippen LogP contribution is -2.33.